The van der Waals surface area contributed by atoms with Gasteiger partial charge in [0.1, 0.15) is 6.04 Å². The maximum atomic E-state index is 11.8. The van der Waals surface area contributed by atoms with Gasteiger partial charge in [0.15, 0.2) is 0 Å². The Labute approximate surface area is 128 Å². The second kappa shape index (κ2) is 6.66. The molecule has 3 fully saturated rings. The molecule has 0 aromatic heterocycles. The number of fused-ring (bicyclic) bond motifs is 1. The number of carboxylic acid groups (broad SMARTS) is 1. The molecule has 0 amide bonds. The molecule has 3 aliphatic rings. The molecule has 2 heterocycles. The molecule has 2 saturated heterocycles. The number of piperidine rings is 1. The second-order valence-corrected chi connectivity index (χ2v) is 7.38. The van der Waals surface area contributed by atoms with Crippen molar-refractivity contribution in [1.29, 1.82) is 0 Å². The third-order valence-electron chi connectivity index (χ3n) is 6.05. The quantitative estimate of drug-likeness (QED) is 0.850. The van der Waals surface area contributed by atoms with Gasteiger partial charge in [-0.1, -0.05) is 12.8 Å². The van der Waals surface area contributed by atoms with Crippen LogP contribution >= 0.6 is 0 Å². The van der Waals surface area contributed by atoms with Crippen LogP contribution in [0.1, 0.15) is 57.8 Å². The van der Waals surface area contributed by atoms with Crippen molar-refractivity contribution < 1.29 is 9.90 Å². The first-order valence-corrected chi connectivity index (χ1v) is 8.85. The first kappa shape index (κ1) is 15.3. The van der Waals surface area contributed by atoms with E-state index < -0.39 is 5.97 Å². The van der Waals surface area contributed by atoms with Gasteiger partial charge in [0.25, 0.3) is 0 Å². The largest absolute Gasteiger partial charge is 0.480 e. The summed E-state index contributed by atoms with van der Waals surface area (Å²) in [5, 5.41) is 9.70. The molecule has 2 aliphatic heterocycles. The Morgan fingerprint density at radius 2 is 1.76 bits per heavy atom. The summed E-state index contributed by atoms with van der Waals surface area (Å²) in [6.07, 6.45) is 10.7. The van der Waals surface area contributed by atoms with Gasteiger partial charge in [-0.2, -0.15) is 0 Å². The fourth-order valence-corrected chi connectivity index (χ4v) is 4.97. The van der Waals surface area contributed by atoms with Crippen LogP contribution in [-0.4, -0.2) is 59.1 Å². The van der Waals surface area contributed by atoms with Crippen molar-refractivity contribution in [3.63, 3.8) is 0 Å². The van der Waals surface area contributed by atoms with Crippen LogP contribution in [0, 0.1) is 5.92 Å². The Bertz CT molecular complexity index is 374. The van der Waals surface area contributed by atoms with E-state index in [2.05, 4.69) is 16.8 Å². The van der Waals surface area contributed by atoms with Crippen LogP contribution in [0.5, 0.6) is 0 Å². The highest BCUT2D eigenvalue weighted by molar-refractivity contribution is 5.73. The lowest BCUT2D eigenvalue weighted by molar-refractivity contribution is -0.150. The number of nitrogens with zero attached hydrogens (tertiary/aromatic N) is 2. The van der Waals surface area contributed by atoms with Crippen LogP contribution in [0.4, 0.5) is 0 Å². The van der Waals surface area contributed by atoms with Crippen molar-refractivity contribution in [2.75, 3.05) is 20.1 Å². The summed E-state index contributed by atoms with van der Waals surface area (Å²) in [7, 11) is 2.19. The summed E-state index contributed by atoms with van der Waals surface area (Å²) < 4.78 is 0. The van der Waals surface area contributed by atoms with E-state index in [9.17, 15) is 9.90 Å². The van der Waals surface area contributed by atoms with E-state index in [0.29, 0.717) is 12.1 Å². The molecule has 3 rings (SSSR count). The lowest BCUT2D eigenvalue weighted by Crippen LogP contribution is -2.59. The lowest BCUT2D eigenvalue weighted by atomic mass is 9.75. The topological polar surface area (TPSA) is 43.8 Å². The molecular formula is C17H30N2O2. The molecule has 0 spiro atoms. The molecule has 1 saturated carbocycles. The highest BCUT2D eigenvalue weighted by Crippen LogP contribution is 2.40. The first-order chi connectivity index (χ1) is 10.2. The molecule has 0 aromatic carbocycles. The van der Waals surface area contributed by atoms with Crippen LogP contribution < -0.4 is 0 Å². The molecule has 4 atom stereocenters. The van der Waals surface area contributed by atoms with Gasteiger partial charge in [-0.15, -0.1) is 0 Å². The molecule has 0 bridgehead atoms. The van der Waals surface area contributed by atoms with Gasteiger partial charge in [-0.25, -0.2) is 0 Å². The van der Waals surface area contributed by atoms with E-state index in [1.807, 2.05) is 0 Å². The van der Waals surface area contributed by atoms with Gasteiger partial charge in [0.2, 0.25) is 0 Å². The third-order valence-corrected chi connectivity index (χ3v) is 6.05. The van der Waals surface area contributed by atoms with E-state index in [1.165, 1.54) is 38.5 Å². The van der Waals surface area contributed by atoms with E-state index >= 15 is 0 Å². The minimum atomic E-state index is -0.586. The lowest BCUT2D eigenvalue weighted by Gasteiger charge is -2.50. The fourth-order valence-electron chi connectivity index (χ4n) is 4.97. The molecule has 1 N–H and O–H groups in total. The summed E-state index contributed by atoms with van der Waals surface area (Å²) >= 11 is 0. The minimum absolute atomic E-state index is 0.224. The maximum absolute atomic E-state index is 11.8. The minimum Gasteiger partial charge on any atom is -0.480 e. The Morgan fingerprint density at radius 1 is 0.952 bits per heavy atom. The number of likely N-dealkylation sites (tertiary alicyclic amines) is 2. The highest BCUT2D eigenvalue weighted by atomic mass is 16.4. The smallest absolute Gasteiger partial charge is 0.320 e. The predicted molar refractivity (Wildman–Crippen MR) is 83.4 cm³/mol. The van der Waals surface area contributed by atoms with E-state index in [1.54, 1.807) is 0 Å². The Kier molecular flexibility index (Phi) is 4.85. The average molecular weight is 294 g/mol. The van der Waals surface area contributed by atoms with Crippen LogP contribution in [0.2, 0.25) is 0 Å². The van der Waals surface area contributed by atoms with Gasteiger partial charge in [0.05, 0.1) is 0 Å². The third kappa shape index (κ3) is 3.26. The van der Waals surface area contributed by atoms with Crippen molar-refractivity contribution >= 4 is 5.97 Å². The zero-order valence-corrected chi connectivity index (χ0v) is 13.3. The van der Waals surface area contributed by atoms with Crippen LogP contribution in [0.25, 0.3) is 0 Å². The summed E-state index contributed by atoms with van der Waals surface area (Å²) in [5.74, 6) is 0.173. The highest BCUT2D eigenvalue weighted by Gasteiger charge is 2.44. The molecule has 0 radical (unpaired) electrons. The van der Waals surface area contributed by atoms with Gasteiger partial charge >= 0.3 is 5.97 Å². The molecule has 21 heavy (non-hydrogen) atoms. The summed E-state index contributed by atoms with van der Waals surface area (Å²) in [6.45, 7) is 2.28. The fraction of sp³-hybridized carbons (Fsp3) is 0.941. The van der Waals surface area contributed by atoms with Crippen LogP contribution in [-0.2, 0) is 4.79 Å². The zero-order valence-electron chi connectivity index (χ0n) is 13.3. The second-order valence-electron chi connectivity index (χ2n) is 7.38. The monoisotopic (exact) mass is 294 g/mol. The predicted octanol–water partition coefficient (Wildman–Crippen LogP) is 2.58. The van der Waals surface area contributed by atoms with E-state index in [4.69, 9.17) is 0 Å². The normalized spacial score (nSPS) is 39.5. The van der Waals surface area contributed by atoms with Gasteiger partial charge < -0.3 is 10.0 Å². The molecule has 120 valence electrons. The SMILES string of the molecule is CN1CCCC(N2C(C(=O)O)CCC3CCCCC32)CC1. The molecular weight excluding hydrogens is 264 g/mol. The van der Waals surface area contributed by atoms with Crippen molar-refractivity contribution in [2.45, 2.75) is 75.9 Å². The molecule has 4 unspecified atom stereocenters. The number of carboxylic acids is 1. The summed E-state index contributed by atoms with van der Waals surface area (Å²) in [4.78, 5) is 16.6. The van der Waals surface area contributed by atoms with Crippen molar-refractivity contribution in [1.82, 2.24) is 9.80 Å². The summed E-state index contributed by atoms with van der Waals surface area (Å²) in [5.41, 5.74) is 0. The molecule has 4 nitrogen and oxygen atoms in total. The molecule has 1 aliphatic carbocycles. The van der Waals surface area contributed by atoms with Gasteiger partial charge in [0, 0.05) is 12.1 Å². The van der Waals surface area contributed by atoms with Crippen LogP contribution in [0.15, 0.2) is 0 Å². The van der Waals surface area contributed by atoms with Crippen LogP contribution in [0.3, 0.4) is 0 Å². The molecule has 0 aromatic rings. The number of carbonyl (C=O) groups is 1. The maximum Gasteiger partial charge on any atom is 0.320 e. The summed E-state index contributed by atoms with van der Waals surface area (Å²) in [6, 6.07) is 0.807. The van der Waals surface area contributed by atoms with Crippen molar-refractivity contribution in [2.24, 2.45) is 5.92 Å². The Balaban J connectivity index is 1.79. The number of aliphatic carboxylic acids is 1. The van der Waals surface area contributed by atoms with Gasteiger partial charge in [-0.05, 0) is 71.0 Å². The first-order valence-electron chi connectivity index (χ1n) is 8.85. The number of hydrogen-bond acceptors (Lipinski definition) is 3. The zero-order chi connectivity index (χ0) is 14.8. The molecule has 4 heteroatoms. The number of rotatable bonds is 2. The van der Waals surface area contributed by atoms with Crippen molar-refractivity contribution in [3.05, 3.63) is 0 Å². The standard InChI is InChI=1S/C17H30N2O2/c1-18-11-4-6-14(10-12-18)19-15-7-3-2-5-13(15)8-9-16(19)17(20)21/h13-16H,2-12H2,1H3,(H,20,21). The average Bonchev–Trinajstić information content (AvgIpc) is 2.70. The Morgan fingerprint density at radius 3 is 2.57 bits per heavy atom. The van der Waals surface area contributed by atoms with Crippen molar-refractivity contribution in [3.8, 4) is 0 Å². The Hall–Kier alpha value is -0.610. The number of hydrogen-bond donors (Lipinski definition) is 1. The van der Waals surface area contributed by atoms with Gasteiger partial charge in [-0.3, -0.25) is 9.69 Å². The van der Waals surface area contributed by atoms with E-state index in [0.717, 1.165) is 38.3 Å². The van der Waals surface area contributed by atoms with E-state index in [-0.39, 0.29) is 6.04 Å².